The summed E-state index contributed by atoms with van der Waals surface area (Å²) in [6, 6.07) is 6.89. The van der Waals surface area contributed by atoms with E-state index in [2.05, 4.69) is 15.6 Å². The van der Waals surface area contributed by atoms with E-state index in [0.29, 0.717) is 34.8 Å². The van der Waals surface area contributed by atoms with E-state index in [4.69, 9.17) is 15.0 Å². The van der Waals surface area contributed by atoms with Crippen molar-refractivity contribution < 1.29 is 13.9 Å². The van der Waals surface area contributed by atoms with E-state index in [9.17, 15) is 4.79 Å². The zero-order valence-electron chi connectivity index (χ0n) is 10.8. The van der Waals surface area contributed by atoms with Crippen LogP contribution in [0.3, 0.4) is 0 Å². The van der Waals surface area contributed by atoms with Crippen LogP contribution in [0.15, 0.2) is 33.9 Å². The fourth-order valence-corrected chi connectivity index (χ4v) is 2.09. The maximum atomic E-state index is 11.5. The van der Waals surface area contributed by atoms with E-state index in [1.165, 1.54) is 11.8 Å². The summed E-state index contributed by atoms with van der Waals surface area (Å²) >= 11 is 1.39. The van der Waals surface area contributed by atoms with Crippen molar-refractivity contribution in [2.45, 2.75) is 12.1 Å². The molecule has 20 heavy (non-hydrogen) atoms. The smallest absolute Gasteiger partial charge is 0.276 e. The molecule has 106 valence electrons. The minimum absolute atomic E-state index is 0.388. The lowest BCUT2D eigenvalue weighted by Gasteiger charge is -2.09. The Morgan fingerprint density at radius 3 is 2.95 bits per heavy atom. The number of rotatable bonds is 6. The molecule has 2 aromatic rings. The lowest BCUT2D eigenvalue weighted by Crippen LogP contribution is -2.30. The summed E-state index contributed by atoms with van der Waals surface area (Å²) in [5.74, 6) is 6.37. The van der Waals surface area contributed by atoms with Crippen LogP contribution in [0.25, 0.3) is 0 Å². The van der Waals surface area contributed by atoms with E-state index in [1.54, 1.807) is 31.2 Å². The van der Waals surface area contributed by atoms with Gasteiger partial charge in [0.05, 0.1) is 12.2 Å². The summed E-state index contributed by atoms with van der Waals surface area (Å²) in [6.45, 7) is 2.14. The number of hydrazine groups is 1. The van der Waals surface area contributed by atoms with E-state index < -0.39 is 0 Å². The number of nitrogens with two attached hydrogens (primary N) is 1. The third kappa shape index (κ3) is 3.72. The van der Waals surface area contributed by atoms with Crippen molar-refractivity contribution in [1.82, 2.24) is 15.6 Å². The first-order valence-corrected chi connectivity index (χ1v) is 6.85. The zero-order valence-corrected chi connectivity index (χ0v) is 11.6. The quantitative estimate of drug-likeness (QED) is 0.271. The number of carbonyl (C=O) groups is 1. The van der Waals surface area contributed by atoms with Crippen molar-refractivity contribution in [3.05, 3.63) is 35.7 Å². The highest BCUT2D eigenvalue weighted by molar-refractivity contribution is 7.99. The number of aryl methyl sites for hydroxylation is 1. The summed E-state index contributed by atoms with van der Waals surface area (Å²) in [6.07, 6.45) is 0. The molecule has 0 unspecified atom stereocenters. The number of benzene rings is 1. The molecule has 0 atom stereocenters. The van der Waals surface area contributed by atoms with Gasteiger partial charge in [0.15, 0.2) is 0 Å². The Labute approximate surface area is 119 Å². The van der Waals surface area contributed by atoms with Crippen molar-refractivity contribution in [2.75, 3.05) is 12.4 Å². The van der Waals surface area contributed by atoms with Crippen molar-refractivity contribution in [2.24, 2.45) is 5.84 Å². The molecule has 7 nitrogen and oxygen atoms in total. The second kappa shape index (κ2) is 6.92. The van der Waals surface area contributed by atoms with Crippen molar-refractivity contribution in [3.8, 4) is 5.75 Å². The van der Waals surface area contributed by atoms with Gasteiger partial charge in [0.2, 0.25) is 5.89 Å². The summed E-state index contributed by atoms with van der Waals surface area (Å²) in [5.41, 5.74) is 2.48. The highest BCUT2D eigenvalue weighted by Gasteiger charge is 2.10. The number of ether oxygens (including phenoxy) is 1. The van der Waals surface area contributed by atoms with Crippen LogP contribution in [0.4, 0.5) is 0 Å². The third-order valence-electron chi connectivity index (χ3n) is 2.34. The summed E-state index contributed by atoms with van der Waals surface area (Å²) in [5, 5.41) is 8.09. The van der Waals surface area contributed by atoms with E-state index in [-0.39, 0.29) is 5.91 Å². The van der Waals surface area contributed by atoms with Gasteiger partial charge in [-0.2, -0.15) is 0 Å². The van der Waals surface area contributed by atoms with Crippen LogP contribution in [0.5, 0.6) is 5.75 Å². The number of amides is 1. The molecule has 1 aromatic carbocycles. The summed E-state index contributed by atoms with van der Waals surface area (Å²) in [4.78, 5) is 11.5. The molecule has 0 saturated heterocycles. The molecule has 0 saturated carbocycles. The SMILES string of the molecule is Cc1nnc(SCCOc2ccccc2C(=O)NN)o1. The van der Waals surface area contributed by atoms with Crippen LogP contribution < -0.4 is 16.0 Å². The van der Waals surface area contributed by atoms with Gasteiger partial charge in [-0.05, 0) is 12.1 Å². The van der Waals surface area contributed by atoms with Gasteiger partial charge in [0.25, 0.3) is 11.1 Å². The Morgan fingerprint density at radius 1 is 1.45 bits per heavy atom. The minimum Gasteiger partial charge on any atom is -0.492 e. The number of para-hydroxylation sites is 1. The van der Waals surface area contributed by atoms with Crippen molar-refractivity contribution in [3.63, 3.8) is 0 Å². The second-order valence-electron chi connectivity index (χ2n) is 3.75. The topological polar surface area (TPSA) is 103 Å². The maximum absolute atomic E-state index is 11.5. The second-order valence-corrected chi connectivity index (χ2v) is 4.80. The lowest BCUT2D eigenvalue weighted by molar-refractivity contribution is 0.0950. The highest BCUT2D eigenvalue weighted by Crippen LogP contribution is 2.19. The Morgan fingerprint density at radius 2 is 2.25 bits per heavy atom. The van der Waals surface area contributed by atoms with Crippen LogP contribution in [0.2, 0.25) is 0 Å². The van der Waals surface area contributed by atoms with Crippen LogP contribution >= 0.6 is 11.8 Å². The molecule has 1 amide bonds. The Balaban J connectivity index is 1.86. The summed E-state index contributed by atoms with van der Waals surface area (Å²) in [7, 11) is 0. The normalized spacial score (nSPS) is 10.3. The number of aromatic nitrogens is 2. The average Bonchev–Trinajstić information content (AvgIpc) is 2.89. The van der Waals surface area contributed by atoms with Gasteiger partial charge in [0, 0.05) is 12.7 Å². The summed E-state index contributed by atoms with van der Waals surface area (Å²) < 4.78 is 10.8. The standard InChI is InChI=1S/C12H14N4O3S/c1-8-15-16-12(19-8)20-7-6-18-10-5-3-2-4-9(10)11(17)14-13/h2-5H,6-7,13H2,1H3,(H,14,17). The lowest BCUT2D eigenvalue weighted by atomic mass is 10.2. The molecule has 8 heteroatoms. The number of hydrogen-bond donors (Lipinski definition) is 2. The Hall–Kier alpha value is -2.06. The van der Waals surface area contributed by atoms with Crippen LogP contribution in [-0.2, 0) is 0 Å². The van der Waals surface area contributed by atoms with Crippen LogP contribution in [-0.4, -0.2) is 28.5 Å². The van der Waals surface area contributed by atoms with Gasteiger partial charge in [-0.1, -0.05) is 23.9 Å². The molecule has 1 aromatic heterocycles. The third-order valence-corrected chi connectivity index (χ3v) is 3.12. The fraction of sp³-hybridized carbons (Fsp3) is 0.250. The van der Waals surface area contributed by atoms with E-state index >= 15 is 0 Å². The van der Waals surface area contributed by atoms with Gasteiger partial charge in [-0.3, -0.25) is 10.2 Å². The number of nitrogens with one attached hydrogen (secondary N) is 1. The monoisotopic (exact) mass is 294 g/mol. The molecule has 0 aliphatic carbocycles. The van der Waals surface area contributed by atoms with Gasteiger partial charge in [-0.15, -0.1) is 10.2 Å². The molecule has 1 heterocycles. The van der Waals surface area contributed by atoms with Crippen LogP contribution in [0.1, 0.15) is 16.2 Å². The molecule has 3 N–H and O–H groups in total. The first-order chi connectivity index (χ1) is 9.70. The maximum Gasteiger partial charge on any atom is 0.276 e. The molecule has 0 aliphatic rings. The largest absolute Gasteiger partial charge is 0.492 e. The predicted octanol–water partition coefficient (Wildman–Crippen LogP) is 1.15. The highest BCUT2D eigenvalue weighted by atomic mass is 32.2. The molecule has 0 fully saturated rings. The first kappa shape index (κ1) is 14.4. The van der Waals surface area contributed by atoms with E-state index in [1.807, 2.05) is 0 Å². The molecular formula is C12H14N4O3S. The van der Waals surface area contributed by atoms with Gasteiger partial charge in [0.1, 0.15) is 5.75 Å². The van der Waals surface area contributed by atoms with Gasteiger partial charge < -0.3 is 9.15 Å². The Bertz CT molecular complexity index is 588. The van der Waals surface area contributed by atoms with Gasteiger partial charge in [-0.25, -0.2) is 5.84 Å². The van der Waals surface area contributed by atoms with Crippen molar-refractivity contribution >= 4 is 17.7 Å². The number of carbonyl (C=O) groups excluding carboxylic acids is 1. The zero-order chi connectivity index (χ0) is 14.4. The predicted molar refractivity (Wildman–Crippen MR) is 73.3 cm³/mol. The van der Waals surface area contributed by atoms with Crippen molar-refractivity contribution in [1.29, 1.82) is 0 Å². The molecule has 0 bridgehead atoms. The number of thioether (sulfide) groups is 1. The number of nitrogens with zero attached hydrogens (tertiary/aromatic N) is 2. The average molecular weight is 294 g/mol. The van der Waals surface area contributed by atoms with E-state index in [0.717, 1.165) is 0 Å². The van der Waals surface area contributed by atoms with Gasteiger partial charge >= 0.3 is 0 Å². The fourth-order valence-electron chi connectivity index (χ4n) is 1.48. The first-order valence-electron chi connectivity index (χ1n) is 5.86. The minimum atomic E-state index is -0.388. The Kier molecular flexibility index (Phi) is 4.97. The number of hydrogen-bond acceptors (Lipinski definition) is 7. The molecule has 0 radical (unpaired) electrons. The molecule has 0 spiro atoms. The number of nitrogen functional groups attached to an aromatic ring is 1. The molecule has 0 aliphatic heterocycles. The molecule has 2 rings (SSSR count). The molecular weight excluding hydrogens is 280 g/mol. The van der Waals surface area contributed by atoms with Crippen LogP contribution in [0, 0.1) is 6.92 Å².